The van der Waals surface area contributed by atoms with Crippen molar-refractivity contribution in [3.8, 4) is 0 Å². The van der Waals surface area contributed by atoms with Gasteiger partial charge in [0.15, 0.2) is 11.9 Å². The second-order valence-electron chi connectivity index (χ2n) is 4.31. The molecule has 0 aliphatic carbocycles. The average molecular weight is 262 g/mol. The number of hydrogen-bond donors (Lipinski definition) is 0. The lowest BCUT2D eigenvalue weighted by molar-refractivity contribution is -0.194. The zero-order chi connectivity index (χ0) is 14.0. The summed E-state index contributed by atoms with van der Waals surface area (Å²) < 4.78 is 42.4. The molecule has 6 heteroatoms. The second-order valence-corrected chi connectivity index (χ2v) is 4.31. The standard InChI is InChI=1S/C12H16F2O4/c1-5-9(15)17-10(12(13,14)6-2)8-7-16-11(3,4)18-8/h5-6,8,10H,1-2,7H2,3-4H3/t8-,10?/m0/s1. The number of alkyl halides is 2. The molecule has 102 valence electrons. The molecule has 1 unspecified atom stereocenters. The first kappa shape index (κ1) is 14.8. The fourth-order valence-electron chi connectivity index (χ4n) is 1.56. The van der Waals surface area contributed by atoms with Crippen LogP contribution in [0, 0.1) is 0 Å². The first-order chi connectivity index (χ1) is 8.22. The van der Waals surface area contributed by atoms with Gasteiger partial charge in [0, 0.05) is 6.08 Å². The van der Waals surface area contributed by atoms with Crippen molar-refractivity contribution >= 4 is 5.97 Å². The molecule has 2 atom stereocenters. The Morgan fingerprint density at radius 3 is 2.56 bits per heavy atom. The molecule has 0 radical (unpaired) electrons. The molecule has 1 saturated heterocycles. The normalized spacial score (nSPS) is 24.3. The number of halogens is 2. The minimum Gasteiger partial charge on any atom is -0.450 e. The van der Waals surface area contributed by atoms with Crippen LogP contribution >= 0.6 is 0 Å². The summed E-state index contributed by atoms with van der Waals surface area (Å²) in [5, 5.41) is 0. The maximum absolute atomic E-state index is 13.7. The predicted octanol–water partition coefficient (Wildman–Crippen LogP) is 2.06. The maximum Gasteiger partial charge on any atom is 0.330 e. The molecular weight excluding hydrogens is 246 g/mol. The van der Waals surface area contributed by atoms with Gasteiger partial charge < -0.3 is 14.2 Å². The van der Waals surface area contributed by atoms with E-state index in [4.69, 9.17) is 9.47 Å². The van der Waals surface area contributed by atoms with Crippen molar-refractivity contribution in [1.82, 2.24) is 0 Å². The van der Waals surface area contributed by atoms with E-state index in [0.717, 1.165) is 6.08 Å². The molecule has 0 aromatic rings. The van der Waals surface area contributed by atoms with Gasteiger partial charge in [0.1, 0.15) is 6.10 Å². The zero-order valence-corrected chi connectivity index (χ0v) is 10.3. The quantitative estimate of drug-likeness (QED) is 0.432. The van der Waals surface area contributed by atoms with Crippen LogP contribution in [0.3, 0.4) is 0 Å². The number of carbonyl (C=O) groups is 1. The van der Waals surface area contributed by atoms with Crippen molar-refractivity contribution in [2.24, 2.45) is 0 Å². The first-order valence-electron chi connectivity index (χ1n) is 5.38. The Balaban J connectivity index is 2.88. The SMILES string of the molecule is C=CC(=O)OC([C@@H]1COC(C)(C)O1)C(F)(F)C=C. The van der Waals surface area contributed by atoms with Crippen LogP contribution < -0.4 is 0 Å². The lowest BCUT2D eigenvalue weighted by Gasteiger charge is -2.28. The van der Waals surface area contributed by atoms with Crippen molar-refractivity contribution in [3.05, 3.63) is 25.3 Å². The van der Waals surface area contributed by atoms with Crippen LogP contribution in [0.1, 0.15) is 13.8 Å². The Bertz CT molecular complexity index is 352. The topological polar surface area (TPSA) is 44.8 Å². The molecule has 1 heterocycles. The molecule has 1 aliphatic heterocycles. The number of hydrogen-bond acceptors (Lipinski definition) is 4. The predicted molar refractivity (Wildman–Crippen MR) is 60.1 cm³/mol. The third-order valence-corrected chi connectivity index (χ3v) is 2.43. The van der Waals surface area contributed by atoms with Crippen LogP contribution in [-0.2, 0) is 19.0 Å². The molecular formula is C12H16F2O4. The fraction of sp³-hybridized carbons (Fsp3) is 0.583. The highest BCUT2D eigenvalue weighted by molar-refractivity contribution is 5.81. The molecule has 0 amide bonds. The minimum absolute atomic E-state index is 0.0917. The number of carbonyl (C=O) groups excluding carboxylic acids is 1. The zero-order valence-electron chi connectivity index (χ0n) is 10.3. The van der Waals surface area contributed by atoms with Gasteiger partial charge in [-0.2, -0.15) is 8.78 Å². The Morgan fingerprint density at radius 1 is 1.56 bits per heavy atom. The molecule has 0 N–H and O–H groups in total. The Kier molecular flexibility index (Phi) is 4.24. The Morgan fingerprint density at radius 2 is 2.17 bits per heavy atom. The van der Waals surface area contributed by atoms with Gasteiger partial charge in [-0.25, -0.2) is 4.79 Å². The van der Waals surface area contributed by atoms with E-state index in [0.29, 0.717) is 6.08 Å². The van der Waals surface area contributed by atoms with E-state index in [1.807, 2.05) is 0 Å². The van der Waals surface area contributed by atoms with Crippen molar-refractivity contribution in [2.75, 3.05) is 6.61 Å². The third-order valence-electron chi connectivity index (χ3n) is 2.43. The van der Waals surface area contributed by atoms with Crippen LogP contribution in [-0.4, -0.2) is 36.5 Å². The minimum atomic E-state index is -3.41. The van der Waals surface area contributed by atoms with E-state index in [1.54, 1.807) is 13.8 Å². The molecule has 0 bridgehead atoms. The van der Waals surface area contributed by atoms with E-state index in [1.165, 1.54) is 0 Å². The molecule has 0 aromatic heterocycles. The van der Waals surface area contributed by atoms with Crippen molar-refractivity contribution in [1.29, 1.82) is 0 Å². The maximum atomic E-state index is 13.7. The molecule has 1 aliphatic rings. The summed E-state index contributed by atoms with van der Waals surface area (Å²) in [5.41, 5.74) is 0. The Labute approximate surface area is 104 Å². The Hall–Kier alpha value is -1.27. The van der Waals surface area contributed by atoms with Crippen LogP contribution in [0.4, 0.5) is 8.78 Å². The summed E-state index contributed by atoms with van der Waals surface area (Å²) in [6.45, 7) is 9.28. The van der Waals surface area contributed by atoms with Gasteiger partial charge >= 0.3 is 11.9 Å². The van der Waals surface area contributed by atoms with Crippen molar-refractivity contribution in [2.45, 2.75) is 37.8 Å². The van der Waals surface area contributed by atoms with Crippen LogP contribution in [0.25, 0.3) is 0 Å². The highest BCUT2D eigenvalue weighted by Gasteiger charge is 2.50. The van der Waals surface area contributed by atoms with E-state index in [9.17, 15) is 13.6 Å². The molecule has 0 saturated carbocycles. The highest BCUT2D eigenvalue weighted by Crippen LogP contribution is 2.33. The average Bonchev–Trinajstić information content (AvgIpc) is 2.65. The number of rotatable bonds is 5. The molecule has 0 spiro atoms. The van der Waals surface area contributed by atoms with Crippen LogP contribution in [0.2, 0.25) is 0 Å². The van der Waals surface area contributed by atoms with Gasteiger partial charge in [-0.3, -0.25) is 0 Å². The first-order valence-corrected chi connectivity index (χ1v) is 5.38. The summed E-state index contributed by atoms with van der Waals surface area (Å²) in [6, 6.07) is 0. The van der Waals surface area contributed by atoms with Crippen molar-refractivity contribution < 1.29 is 27.8 Å². The van der Waals surface area contributed by atoms with Gasteiger partial charge in [0.2, 0.25) is 0 Å². The van der Waals surface area contributed by atoms with Gasteiger partial charge in [0.25, 0.3) is 0 Å². The van der Waals surface area contributed by atoms with Crippen LogP contribution in [0.15, 0.2) is 25.3 Å². The van der Waals surface area contributed by atoms with E-state index in [-0.39, 0.29) is 6.61 Å². The van der Waals surface area contributed by atoms with E-state index >= 15 is 0 Å². The monoisotopic (exact) mass is 262 g/mol. The lowest BCUT2D eigenvalue weighted by atomic mass is 10.1. The van der Waals surface area contributed by atoms with Gasteiger partial charge in [-0.1, -0.05) is 13.2 Å². The largest absolute Gasteiger partial charge is 0.450 e. The van der Waals surface area contributed by atoms with Gasteiger partial charge in [0.05, 0.1) is 6.61 Å². The summed E-state index contributed by atoms with van der Waals surface area (Å²) in [6.07, 6.45) is -1.62. The molecule has 1 rings (SSSR count). The van der Waals surface area contributed by atoms with Gasteiger partial charge in [-0.15, -0.1) is 0 Å². The summed E-state index contributed by atoms with van der Waals surface area (Å²) in [7, 11) is 0. The molecule has 0 aromatic carbocycles. The molecule has 18 heavy (non-hydrogen) atoms. The molecule has 1 fully saturated rings. The third kappa shape index (κ3) is 3.36. The summed E-state index contributed by atoms with van der Waals surface area (Å²) >= 11 is 0. The lowest BCUT2D eigenvalue weighted by Crippen LogP contribution is -2.46. The van der Waals surface area contributed by atoms with Crippen molar-refractivity contribution in [3.63, 3.8) is 0 Å². The fourth-order valence-corrected chi connectivity index (χ4v) is 1.56. The number of ether oxygens (including phenoxy) is 3. The van der Waals surface area contributed by atoms with Crippen LogP contribution in [0.5, 0.6) is 0 Å². The smallest absolute Gasteiger partial charge is 0.330 e. The summed E-state index contributed by atoms with van der Waals surface area (Å²) in [5.74, 6) is -5.34. The molecule has 4 nitrogen and oxygen atoms in total. The second kappa shape index (κ2) is 5.16. The summed E-state index contributed by atoms with van der Waals surface area (Å²) in [4.78, 5) is 11.1. The number of esters is 1. The van der Waals surface area contributed by atoms with E-state index < -0.39 is 29.9 Å². The van der Waals surface area contributed by atoms with E-state index in [2.05, 4.69) is 17.9 Å². The highest BCUT2D eigenvalue weighted by atomic mass is 19.3. The van der Waals surface area contributed by atoms with Gasteiger partial charge in [-0.05, 0) is 19.9 Å².